The van der Waals surface area contributed by atoms with Crippen LogP contribution in [0.2, 0.25) is 0 Å². The van der Waals surface area contributed by atoms with Gasteiger partial charge in [0.25, 0.3) is 0 Å². The highest BCUT2D eigenvalue weighted by molar-refractivity contribution is 5.39. The highest BCUT2D eigenvalue weighted by Crippen LogP contribution is 2.28. The minimum Gasteiger partial charge on any atom is -0.439 e. The number of nitrogens with one attached hydrogen (secondary N) is 1. The largest absolute Gasteiger partial charge is 0.439 e. The Bertz CT molecular complexity index is 653. The first kappa shape index (κ1) is 14.0. The second-order valence-electron chi connectivity index (χ2n) is 5.58. The third kappa shape index (κ3) is 3.58. The van der Waals surface area contributed by atoms with Crippen LogP contribution in [0.5, 0.6) is 11.6 Å². The molecule has 1 fully saturated rings. The molecule has 21 heavy (non-hydrogen) atoms. The number of aromatic nitrogens is 1. The Morgan fingerprint density at radius 1 is 1.29 bits per heavy atom. The highest BCUT2D eigenvalue weighted by atomic mass is 19.1. The molecule has 1 saturated carbocycles. The average Bonchev–Trinajstić information content (AvgIpc) is 3.21. The lowest BCUT2D eigenvalue weighted by molar-refractivity contribution is 0.446. The summed E-state index contributed by atoms with van der Waals surface area (Å²) < 4.78 is 19.1. The molecule has 0 atom stereocenters. The van der Waals surface area contributed by atoms with Crippen molar-refractivity contribution in [3.63, 3.8) is 0 Å². The maximum atomic E-state index is 13.3. The quantitative estimate of drug-likeness (QED) is 0.905. The van der Waals surface area contributed by atoms with E-state index >= 15 is 0 Å². The van der Waals surface area contributed by atoms with Crippen molar-refractivity contribution in [3.05, 3.63) is 53.0 Å². The van der Waals surface area contributed by atoms with Gasteiger partial charge in [0.05, 0.1) is 0 Å². The molecule has 1 heterocycles. The number of hydrogen-bond acceptors (Lipinski definition) is 3. The van der Waals surface area contributed by atoms with Gasteiger partial charge in [-0.2, -0.15) is 0 Å². The summed E-state index contributed by atoms with van der Waals surface area (Å²) >= 11 is 0. The number of ether oxygens (including phenoxy) is 1. The Labute approximate surface area is 124 Å². The van der Waals surface area contributed by atoms with Crippen molar-refractivity contribution < 1.29 is 9.13 Å². The Morgan fingerprint density at radius 2 is 2.10 bits per heavy atom. The molecule has 0 saturated heterocycles. The molecule has 0 aliphatic heterocycles. The maximum Gasteiger partial charge on any atom is 0.224 e. The van der Waals surface area contributed by atoms with Crippen LogP contribution in [0.4, 0.5) is 4.39 Å². The molecule has 0 radical (unpaired) electrons. The van der Waals surface area contributed by atoms with Crippen molar-refractivity contribution in [1.29, 1.82) is 0 Å². The van der Waals surface area contributed by atoms with Crippen molar-refractivity contribution in [1.82, 2.24) is 10.3 Å². The first-order valence-electron chi connectivity index (χ1n) is 7.26. The smallest absolute Gasteiger partial charge is 0.224 e. The normalized spacial score (nSPS) is 14.2. The zero-order valence-electron chi connectivity index (χ0n) is 12.3. The molecule has 110 valence electrons. The van der Waals surface area contributed by atoms with Gasteiger partial charge in [-0.15, -0.1) is 0 Å². The van der Waals surface area contributed by atoms with Crippen LogP contribution in [0.25, 0.3) is 0 Å². The number of pyridine rings is 1. The van der Waals surface area contributed by atoms with Crippen molar-refractivity contribution in [2.75, 3.05) is 0 Å². The number of hydrogen-bond donors (Lipinski definition) is 1. The fraction of sp³-hybridized carbons (Fsp3) is 0.353. The molecular formula is C17H19FN2O. The summed E-state index contributed by atoms with van der Waals surface area (Å²) in [7, 11) is 0. The van der Waals surface area contributed by atoms with Crippen LogP contribution in [0.1, 0.15) is 29.7 Å². The fourth-order valence-electron chi connectivity index (χ4n) is 2.30. The van der Waals surface area contributed by atoms with E-state index in [1.54, 1.807) is 12.1 Å². The molecule has 0 spiro atoms. The number of aryl methyl sites for hydroxylation is 2. The van der Waals surface area contributed by atoms with Crippen LogP contribution in [0, 0.1) is 19.7 Å². The van der Waals surface area contributed by atoms with E-state index in [1.807, 2.05) is 13.0 Å². The summed E-state index contributed by atoms with van der Waals surface area (Å²) in [6.07, 6.45) is 2.47. The molecule has 0 bridgehead atoms. The number of benzene rings is 1. The molecule has 4 heteroatoms. The molecule has 3 rings (SSSR count). The summed E-state index contributed by atoms with van der Waals surface area (Å²) in [5.74, 6) is 0.723. The summed E-state index contributed by atoms with van der Waals surface area (Å²) in [5.41, 5.74) is 3.08. The summed E-state index contributed by atoms with van der Waals surface area (Å²) in [6.45, 7) is 4.72. The third-order valence-electron chi connectivity index (χ3n) is 3.59. The zero-order chi connectivity index (χ0) is 14.8. The third-order valence-corrected chi connectivity index (χ3v) is 3.59. The molecule has 3 nitrogen and oxygen atoms in total. The topological polar surface area (TPSA) is 34.1 Å². The Hall–Kier alpha value is -1.94. The van der Waals surface area contributed by atoms with Gasteiger partial charge in [-0.3, -0.25) is 0 Å². The Kier molecular flexibility index (Phi) is 3.88. The van der Waals surface area contributed by atoms with Crippen LogP contribution < -0.4 is 10.1 Å². The van der Waals surface area contributed by atoms with Gasteiger partial charge in [-0.05, 0) is 50.5 Å². The summed E-state index contributed by atoms with van der Waals surface area (Å²) in [4.78, 5) is 4.47. The number of halogens is 1. The lowest BCUT2D eigenvalue weighted by Gasteiger charge is -2.14. The molecule has 1 N–H and O–H groups in total. The number of rotatable bonds is 5. The minimum absolute atomic E-state index is 0.311. The predicted molar refractivity (Wildman–Crippen MR) is 80.0 cm³/mol. The van der Waals surface area contributed by atoms with E-state index in [2.05, 4.69) is 17.2 Å². The first-order chi connectivity index (χ1) is 10.1. The average molecular weight is 286 g/mol. The van der Waals surface area contributed by atoms with E-state index < -0.39 is 0 Å². The van der Waals surface area contributed by atoms with Crippen molar-refractivity contribution in [2.45, 2.75) is 39.3 Å². The lowest BCUT2D eigenvalue weighted by Crippen LogP contribution is -2.17. The molecule has 1 aliphatic rings. The van der Waals surface area contributed by atoms with E-state index in [4.69, 9.17) is 4.74 Å². The molecule has 0 amide bonds. The highest BCUT2D eigenvalue weighted by Gasteiger charge is 2.21. The summed E-state index contributed by atoms with van der Waals surface area (Å²) in [5, 5.41) is 3.48. The van der Waals surface area contributed by atoms with E-state index in [-0.39, 0.29) is 5.82 Å². The SMILES string of the molecule is Cc1cc(C)c(CNC2CC2)c(Oc2cccc(F)c2)n1. The second kappa shape index (κ2) is 5.82. The van der Waals surface area contributed by atoms with Crippen molar-refractivity contribution in [2.24, 2.45) is 0 Å². The van der Waals surface area contributed by atoms with Gasteiger partial charge in [-0.1, -0.05) is 6.07 Å². The predicted octanol–water partition coefficient (Wildman–Crippen LogP) is 3.88. The molecule has 1 aromatic heterocycles. The van der Waals surface area contributed by atoms with Gasteiger partial charge in [0, 0.05) is 29.9 Å². The van der Waals surface area contributed by atoms with Crippen molar-refractivity contribution >= 4 is 0 Å². The second-order valence-corrected chi connectivity index (χ2v) is 5.58. The van der Waals surface area contributed by atoms with Crippen molar-refractivity contribution in [3.8, 4) is 11.6 Å². The van der Waals surface area contributed by atoms with Gasteiger partial charge in [-0.25, -0.2) is 9.37 Å². The van der Waals surface area contributed by atoms with Crippen LogP contribution >= 0.6 is 0 Å². The monoisotopic (exact) mass is 286 g/mol. The van der Waals surface area contributed by atoms with Gasteiger partial charge in [0.15, 0.2) is 0 Å². The lowest BCUT2D eigenvalue weighted by atomic mass is 10.1. The van der Waals surface area contributed by atoms with Crippen LogP contribution in [0.15, 0.2) is 30.3 Å². The van der Waals surface area contributed by atoms with E-state index in [0.717, 1.165) is 23.4 Å². The molecular weight excluding hydrogens is 267 g/mol. The van der Waals surface area contributed by atoms with Gasteiger partial charge in [0.2, 0.25) is 5.88 Å². The molecule has 2 aromatic rings. The fourth-order valence-corrected chi connectivity index (χ4v) is 2.30. The maximum absolute atomic E-state index is 13.3. The van der Waals surface area contributed by atoms with Gasteiger partial charge in [0.1, 0.15) is 11.6 Å². The first-order valence-corrected chi connectivity index (χ1v) is 7.26. The molecule has 0 unspecified atom stereocenters. The minimum atomic E-state index is -0.311. The van der Waals surface area contributed by atoms with E-state index in [9.17, 15) is 4.39 Å². The molecule has 1 aliphatic carbocycles. The van der Waals surface area contributed by atoms with Gasteiger partial charge >= 0.3 is 0 Å². The zero-order valence-corrected chi connectivity index (χ0v) is 12.3. The van der Waals surface area contributed by atoms with Crippen LogP contribution in [0.3, 0.4) is 0 Å². The van der Waals surface area contributed by atoms with Crippen LogP contribution in [-0.2, 0) is 6.54 Å². The number of nitrogens with zero attached hydrogens (tertiary/aromatic N) is 1. The summed E-state index contributed by atoms with van der Waals surface area (Å²) in [6, 6.07) is 8.81. The van der Waals surface area contributed by atoms with E-state index in [1.165, 1.54) is 25.0 Å². The Balaban J connectivity index is 1.87. The molecule has 1 aromatic carbocycles. The standard InChI is InChI=1S/C17H19FN2O/c1-11-8-12(2)20-17(16(11)10-19-14-6-7-14)21-15-5-3-4-13(18)9-15/h3-5,8-9,14,19H,6-7,10H2,1-2H3. The van der Waals surface area contributed by atoms with Crippen LogP contribution in [-0.4, -0.2) is 11.0 Å². The van der Waals surface area contributed by atoms with E-state index in [0.29, 0.717) is 17.7 Å². The Morgan fingerprint density at radius 3 is 2.81 bits per heavy atom. The van der Waals surface area contributed by atoms with Gasteiger partial charge < -0.3 is 10.1 Å².